The van der Waals surface area contributed by atoms with Gasteiger partial charge in [-0.1, -0.05) is 28.2 Å². The summed E-state index contributed by atoms with van der Waals surface area (Å²) >= 11 is 13.1. The van der Waals surface area contributed by atoms with Gasteiger partial charge < -0.3 is 20.6 Å². The second kappa shape index (κ2) is 9.08. The van der Waals surface area contributed by atoms with E-state index in [2.05, 4.69) is 9.71 Å². The van der Waals surface area contributed by atoms with Crippen LogP contribution in [0.4, 0.5) is 11.6 Å². The van der Waals surface area contributed by atoms with E-state index in [0.29, 0.717) is 14.9 Å². The van der Waals surface area contributed by atoms with Gasteiger partial charge in [-0.25, -0.2) is 9.29 Å². The molecule has 0 fully saturated rings. The van der Waals surface area contributed by atoms with Crippen LogP contribution in [0.5, 0.6) is 0 Å². The predicted molar refractivity (Wildman–Crippen MR) is 99.2 cm³/mol. The molecule has 0 aliphatic carbocycles. The number of nitrogens with zero attached hydrogens (tertiary/aromatic N) is 3. The van der Waals surface area contributed by atoms with Gasteiger partial charge in [-0.3, -0.25) is 4.79 Å². The number of nitrogen functional groups attached to an aromatic ring is 1. The van der Waals surface area contributed by atoms with Crippen LogP contribution in [-0.4, -0.2) is 33.6 Å². The number of benzene rings is 1. The summed E-state index contributed by atoms with van der Waals surface area (Å²) < 4.78 is 9.07. The van der Waals surface area contributed by atoms with Crippen LogP contribution in [-0.2, 0) is 16.1 Å². The van der Waals surface area contributed by atoms with Crippen molar-refractivity contribution >= 4 is 52.8 Å². The number of imidazole rings is 1. The van der Waals surface area contributed by atoms with Crippen LogP contribution in [0, 0.1) is 10.1 Å². The number of rotatable bonds is 8. The van der Waals surface area contributed by atoms with Crippen molar-refractivity contribution in [1.29, 1.82) is 0 Å². The summed E-state index contributed by atoms with van der Waals surface area (Å²) in [6.45, 7) is 0.201. The van der Waals surface area contributed by atoms with Crippen LogP contribution in [0.25, 0.3) is 0 Å². The first-order valence-electron chi connectivity index (χ1n) is 7.23. The molecule has 1 heterocycles. The Morgan fingerprint density at radius 1 is 1.50 bits per heavy atom. The molecule has 26 heavy (non-hydrogen) atoms. The fourth-order valence-corrected chi connectivity index (χ4v) is 3.50. The Bertz CT molecular complexity index is 793. The summed E-state index contributed by atoms with van der Waals surface area (Å²) in [6, 6.07) is 2.49. The van der Waals surface area contributed by atoms with E-state index in [1.807, 2.05) is 0 Å². The Balaban J connectivity index is 2.05. The molecule has 9 nitrogen and oxygen atoms in total. The molecule has 0 aliphatic rings. The van der Waals surface area contributed by atoms with Crippen molar-refractivity contribution in [3.8, 4) is 0 Å². The lowest BCUT2D eigenvalue weighted by Crippen LogP contribution is -2.34. The highest BCUT2D eigenvalue weighted by Gasteiger charge is 2.22. The number of nitro groups is 1. The van der Waals surface area contributed by atoms with Crippen molar-refractivity contribution in [2.45, 2.75) is 23.9 Å². The normalized spacial score (nSPS) is 12.0. The van der Waals surface area contributed by atoms with E-state index in [1.54, 1.807) is 12.1 Å². The SMILES string of the molecule is COC(=O)C(CCn1ccnc1[N+](=O)[O-])NSc1cc(Cl)c(N)c(Cl)c1. The van der Waals surface area contributed by atoms with Crippen LogP contribution in [0.2, 0.25) is 10.0 Å². The molecule has 12 heteroatoms. The van der Waals surface area contributed by atoms with Crippen molar-refractivity contribution in [2.75, 3.05) is 12.8 Å². The smallest absolute Gasteiger partial charge is 0.434 e. The maximum Gasteiger partial charge on any atom is 0.434 e. The van der Waals surface area contributed by atoms with Gasteiger partial charge in [0.25, 0.3) is 0 Å². The van der Waals surface area contributed by atoms with Crippen molar-refractivity contribution in [3.63, 3.8) is 0 Å². The Hall–Kier alpha value is -2.01. The second-order valence-electron chi connectivity index (χ2n) is 5.06. The molecule has 1 aromatic heterocycles. The van der Waals surface area contributed by atoms with Gasteiger partial charge >= 0.3 is 11.9 Å². The van der Waals surface area contributed by atoms with Crippen LogP contribution in [0.15, 0.2) is 29.4 Å². The van der Waals surface area contributed by atoms with Crippen molar-refractivity contribution in [3.05, 3.63) is 44.7 Å². The first kappa shape index (κ1) is 20.3. The third-order valence-electron chi connectivity index (χ3n) is 3.37. The molecule has 2 aromatic rings. The molecule has 1 aromatic carbocycles. The summed E-state index contributed by atoms with van der Waals surface area (Å²) in [6.07, 6.45) is 3.04. The largest absolute Gasteiger partial charge is 0.468 e. The fourth-order valence-electron chi connectivity index (χ4n) is 2.04. The average Bonchev–Trinajstić information content (AvgIpc) is 3.07. The topological polar surface area (TPSA) is 125 Å². The summed E-state index contributed by atoms with van der Waals surface area (Å²) in [5.74, 6) is -0.800. The third-order valence-corrected chi connectivity index (χ3v) is 4.87. The second-order valence-corrected chi connectivity index (χ2v) is 6.79. The quantitative estimate of drug-likeness (QED) is 0.220. The van der Waals surface area contributed by atoms with E-state index in [9.17, 15) is 14.9 Å². The minimum atomic E-state index is -0.720. The fraction of sp³-hybridized carbons (Fsp3) is 0.286. The highest BCUT2D eigenvalue weighted by molar-refractivity contribution is 7.97. The molecular weight excluding hydrogens is 405 g/mol. The first-order chi connectivity index (χ1) is 12.3. The third kappa shape index (κ3) is 5.01. The minimum Gasteiger partial charge on any atom is -0.468 e. The van der Waals surface area contributed by atoms with Crippen LogP contribution < -0.4 is 10.5 Å². The Kier molecular flexibility index (Phi) is 7.09. The maximum absolute atomic E-state index is 12.0. The lowest BCUT2D eigenvalue weighted by atomic mass is 10.2. The number of carbonyl (C=O) groups is 1. The number of aryl methyl sites for hydroxylation is 1. The standard InChI is InChI=1S/C14H15Cl2N5O4S/c1-25-13(22)11(2-4-20-5-3-18-14(20)21(23)24)19-26-8-6-9(15)12(17)10(16)7-8/h3,5-7,11,19H,2,4,17H2,1H3. The van der Waals surface area contributed by atoms with E-state index >= 15 is 0 Å². The summed E-state index contributed by atoms with van der Waals surface area (Å²) in [7, 11) is 1.26. The average molecular weight is 420 g/mol. The van der Waals surface area contributed by atoms with Gasteiger partial charge in [0.2, 0.25) is 0 Å². The van der Waals surface area contributed by atoms with Gasteiger partial charge in [0.15, 0.2) is 0 Å². The highest BCUT2D eigenvalue weighted by atomic mass is 35.5. The van der Waals surface area contributed by atoms with Crippen molar-refractivity contribution < 1.29 is 14.5 Å². The molecule has 0 spiro atoms. The first-order valence-corrected chi connectivity index (χ1v) is 8.81. The monoisotopic (exact) mass is 419 g/mol. The predicted octanol–water partition coefficient (Wildman–Crippen LogP) is 2.91. The molecule has 0 aliphatic heterocycles. The molecule has 0 saturated heterocycles. The number of anilines is 1. The maximum atomic E-state index is 12.0. The Labute approximate surface area is 163 Å². The number of methoxy groups -OCH3 is 1. The number of esters is 1. The zero-order valence-electron chi connectivity index (χ0n) is 13.5. The number of carbonyl (C=O) groups excluding carboxylic acids is 1. The molecule has 1 atom stereocenters. The van der Waals surface area contributed by atoms with E-state index in [-0.39, 0.29) is 24.6 Å². The number of ether oxygens (including phenoxy) is 1. The highest BCUT2D eigenvalue weighted by Crippen LogP contribution is 2.32. The summed E-state index contributed by atoms with van der Waals surface area (Å²) in [5.41, 5.74) is 5.96. The number of nitrogens with one attached hydrogen (secondary N) is 1. The minimum absolute atomic E-state index is 0.201. The Morgan fingerprint density at radius 3 is 2.73 bits per heavy atom. The van der Waals surface area contributed by atoms with Gasteiger partial charge in [0.05, 0.1) is 29.4 Å². The molecule has 0 bridgehead atoms. The van der Waals surface area contributed by atoms with Crippen molar-refractivity contribution in [1.82, 2.24) is 14.3 Å². The van der Waals surface area contributed by atoms with E-state index in [4.69, 9.17) is 33.7 Å². The van der Waals surface area contributed by atoms with E-state index < -0.39 is 16.9 Å². The number of hydrogen-bond donors (Lipinski definition) is 2. The lowest BCUT2D eigenvalue weighted by molar-refractivity contribution is -0.396. The lowest BCUT2D eigenvalue weighted by Gasteiger charge is -2.16. The Morgan fingerprint density at radius 2 is 2.15 bits per heavy atom. The van der Waals surface area contributed by atoms with E-state index in [0.717, 1.165) is 11.9 Å². The van der Waals surface area contributed by atoms with Gasteiger partial charge in [-0.15, -0.1) is 0 Å². The van der Waals surface area contributed by atoms with Crippen LogP contribution in [0.1, 0.15) is 6.42 Å². The van der Waals surface area contributed by atoms with Crippen molar-refractivity contribution in [2.24, 2.45) is 0 Å². The number of aromatic nitrogens is 2. The number of nitrogens with two attached hydrogens (primary N) is 1. The summed E-state index contributed by atoms with van der Waals surface area (Å²) in [4.78, 5) is 26.6. The molecule has 1 unspecified atom stereocenters. The molecule has 0 saturated carbocycles. The molecule has 0 amide bonds. The van der Waals surface area contributed by atoms with Gasteiger partial charge in [-0.05, 0) is 29.0 Å². The van der Waals surface area contributed by atoms with Gasteiger partial charge in [0, 0.05) is 11.3 Å². The number of hydrogen-bond acceptors (Lipinski definition) is 8. The molecular formula is C14H15Cl2N5O4S. The summed E-state index contributed by atoms with van der Waals surface area (Å²) in [5, 5.41) is 11.5. The van der Waals surface area contributed by atoms with Crippen LogP contribution in [0.3, 0.4) is 0 Å². The molecule has 140 valence electrons. The molecule has 3 N–H and O–H groups in total. The van der Waals surface area contributed by atoms with Gasteiger partial charge in [0.1, 0.15) is 18.4 Å². The zero-order valence-corrected chi connectivity index (χ0v) is 15.8. The van der Waals surface area contributed by atoms with E-state index in [1.165, 1.54) is 24.1 Å². The van der Waals surface area contributed by atoms with Crippen LogP contribution >= 0.6 is 35.1 Å². The molecule has 0 radical (unpaired) electrons. The van der Waals surface area contributed by atoms with Gasteiger partial charge in [-0.2, -0.15) is 0 Å². The number of halogens is 2. The molecule has 2 rings (SSSR count). The zero-order chi connectivity index (χ0) is 19.3.